The number of hydrogen-bond acceptors (Lipinski definition) is 4. The van der Waals surface area contributed by atoms with Crippen molar-refractivity contribution in [3.63, 3.8) is 0 Å². The Kier molecular flexibility index (Phi) is 5.35. The zero-order valence-electron chi connectivity index (χ0n) is 16.8. The molecule has 0 spiro atoms. The van der Waals surface area contributed by atoms with Crippen LogP contribution in [0.1, 0.15) is 28.7 Å². The van der Waals surface area contributed by atoms with Gasteiger partial charge < -0.3 is 4.57 Å². The molecule has 0 N–H and O–H groups in total. The lowest BCUT2D eigenvalue weighted by atomic mass is 9.95. The third-order valence-electron chi connectivity index (χ3n) is 5.37. The van der Waals surface area contributed by atoms with Crippen LogP contribution in [0.15, 0.2) is 55.2 Å². The van der Waals surface area contributed by atoms with Gasteiger partial charge in [-0.05, 0) is 78.8 Å². The van der Waals surface area contributed by atoms with E-state index < -0.39 is 0 Å². The Bertz CT molecular complexity index is 1190. The zero-order chi connectivity index (χ0) is 20.2. The lowest BCUT2D eigenvalue weighted by Gasteiger charge is -2.13. The number of imidazole rings is 1. The second kappa shape index (κ2) is 8.24. The number of hydrogen-bond donors (Lipinski definition) is 0. The molecule has 0 amide bonds. The van der Waals surface area contributed by atoms with E-state index in [2.05, 4.69) is 53.3 Å². The Morgan fingerprint density at radius 3 is 2.55 bits per heavy atom. The molecule has 0 radical (unpaired) electrons. The quantitative estimate of drug-likeness (QED) is 0.490. The Labute approximate surface area is 170 Å². The van der Waals surface area contributed by atoms with Gasteiger partial charge in [-0.2, -0.15) is 5.26 Å². The van der Waals surface area contributed by atoms with Crippen LogP contribution in [0.2, 0.25) is 0 Å². The van der Waals surface area contributed by atoms with Crippen molar-refractivity contribution in [1.29, 1.82) is 5.26 Å². The molecular formula is C24H23N5. The van der Waals surface area contributed by atoms with Crippen molar-refractivity contribution in [2.24, 2.45) is 7.05 Å². The van der Waals surface area contributed by atoms with Crippen molar-refractivity contribution in [3.8, 4) is 17.5 Å². The third kappa shape index (κ3) is 4.02. The number of benzene rings is 1. The lowest BCUT2D eigenvalue weighted by Crippen LogP contribution is -2.00. The van der Waals surface area contributed by atoms with E-state index >= 15 is 0 Å². The fourth-order valence-corrected chi connectivity index (χ4v) is 3.72. The molecule has 29 heavy (non-hydrogen) atoms. The molecule has 4 aromatic rings. The smallest absolute Gasteiger partial charge is 0.0948 e. The summed E-state index contributed by atoms with van der Waals surface area (Å²) in [5, 5.41) is 10.2. The molecule has 144 valence electrons. The minimum absolute atomic E-state index is 0.527. The summed E-state index contributed by atoms with van der Waals surface area (Å²) in [6.45, 7) is 2.10. The van der Waals surface area contributed by atoms with Crippen LogP contribution in [-0.2, 0) is 26.3 Å². The largest absolute Gasteiger partial charge is 0.332 e. The summed E-state index contributed by atoms with van der Waals surface area (Å²) < 4.78 is 1.99. The molecular weight excluding hydrogens is 358 g/mol. The van der Waals surface area contributed by atoms with Gasteiger partial charge in [-0.25, -0.2) is 9.97 Å². The average Bonchev–Trinajstić information content (AvgIpc) is 3.17. The maximum absolute atomic E-state index is 8.99. The minimum Gasteiger partial charge on any atom is -0.332 e. The van der Waals surface area contributed by atoms with Gasteiger partial charge in [0.15, 0.2) is 0 Å². The molecule has 1 aromatic carbocycles. The van der Waals surface area contributed by atoms with Crippen LogP contribution in [0.3, 0.4) is 0 Å². The number of fused-ring (bicyclic) bond motifs is 1. The number of nitriles is 1. The Morgan fingerprint density at radius 2 is 1.83 bits per heavy atom. The van der Waals surface area contributed by atoms with Gasteiger partial charge in [-0.1, -0.05) is 0 Å². The number of rotatable bonds is 6. The SMILES string of the molecule is Cc1cc2nc(-c3cncn3C)cc(CCc3ccncc3)c2cc1CCC#N. The molecule has 0 fully saturated rings. The predicted molar refractivity (Wildman–Crippen MR) is 114 cm³/mol. The van der Waals surface area contributed by atoms with Crippen LogP contribution in [0, 0.1) is 18.3 Å². The second-order valence-electron chi connectivity index (χ2n) is 7.37. The first-order valence-corrected chi connectivity index (χ1v) is 9.81. The van der Waals surface area contributed by atoms with Crippen molar-refractivity contribution in [3.05, 3.63) is 77.5 Å². The summed E-state index contributed by atoms with van der Waals surface area (Å²) in [5.41, 5.74) is 7.87. The van der Waals surface area contributed by atoms with Gasteiger partial charge in [0.05, 0.1) is 35.5 Å². The number of aryl methyl sites for hydroxylation is 5. The van der Waals surface area contributed by atoms with Gasteiger partial charge in [0.25, 0.3) is 0 Å². The van der Waals surface area contributed by atoms with Crippen LogP contribution in [0.25, 0.3) is 22.3 Å². The topological polar surface area (TPSA) is 67.4 Å². The van der Waals surface area contributed by atoms with E-state index in [1.54, 1.807) is 6.33 Å². The van der Waals surface area contributed by atoms with E-state index in [9.17, 15) is 0 Å². The predicted octanol–water partition coefficient (Wildman–Crippen LogP) is 4.58. The zero-order valence-corrected chi connectivity index (χ0v) is 16.8. The van der Waals surface area contributed by atoms with E-state index in [1.165, 1.54) is 27.6 Å². The first kappa shape index (κ1) is 18.8. The highest BCUT2D eigenvalue weighted by atomic mass is 15.0. The average molecular weight is 381 g/mol. The Hall–Kier alpha value is -3.52. The maximum Gasteiger partial charge on any atom is 0.0948 e. The van der Waals surface area contributed by atoms with Crippen LogP contribution in [0.5, 0.6) is 0 Å². The lowest BCUT2D eigenvalue weighted by molar-refractivity contribution is 0.914. The van der Waals surface area contributed by atoms with Gasteiger partial charge in [0.2, 0.25) is 0 Å². The van der Waals surface area contributed by atoms with E-state index in [0.717, 1.165) is 36.2 Å². The number of nitrogens with zero attached hydrogens (tertiary/aromatic N) is 5. The molecule has 0 atom stereocenters. The Morgan fingerprint density at radius 1 is 1.00 bits per heavy atom. The summed E-state index contributed by atoms with van der Waals surface area (Å²) in [5.74, 6) is 0. The van der Waals surface area contributed by atoms with Crippen molar-refractivity contribution in [1.82, 2.24) is 19.5 Å². The summed E-state index contributed by atoms with van der Waals surface area (Å²) in [6.07, 6.45) is 10.5. The standard InChI is InChI=1S/C24H23N5/c1-17-12-22-21(13-19(17)4-3-9-25)20(6-5-18-7-10-26-11-8-18)14-23(28-22)24-15-27-16-29(24)2/h7-8,10-16H,3-6H2,1-2H3. The van der Waals surface area contributed by atoms with Crippen LogP contribution in [-0.4, -0.2) is 19.5 Å². The molecule has 4 rings (SSSR count). The summed E-state index contributed by atoms with van der Waals surface area (Å²) in [4.78, 5) is 13.3. The highest BCUT2D eigenvalue weighted by molar-refractivity contribution is 5.86. The van der Waals surface area contributed by atoms with Crippen molar-refractivity contribution >= 4 is 10.9 Å². The van der Waals surface area contributed by atoms with E-state index in [4.69, 9.17) is 10.2 Å². The first-order chi connectivity index (χ1) is 14.2. The maximum atomic E-state index is 8.99. The molecule has 0 aliphatic rings. The number of aromatic nitrogens is 4. The van der Waals surface area contributed by atoms with Crippen molar-refractivity contribution < 1.29 is 0 Å². The molecule has 0 aliphatic carbocycles. The fourth-order valence-electron chi connectivity index (χ4n) is 3.72. The molecule has 0 aliphatic heterocycles. The van der Waals surface area contributed by atoms with Gasteiger partial charge in [0.1, 0.15) is 0 Å². The molecule has 5 nitrogen and oxygen atoms in total. The van der Waals surface area contributed by atoms with Crippen molar-refractivity contribution in [2.75, 3.05) is 0 Å². The molecule has 0 saturated heterocycles. The monoisotopic (exact) mass is 381 g/mol. The van der Waals surface area contributed by atoms with Gasteiger partial charge in [-0.15, -0.1) is 0 Å². The van der Waals surface area contributed by atoms with Gasteiger partial charge in [-0.3, -0.25) is 4.98 Å². The highest BCUT2D eigenvalue weighted by Gasteiger charge is 2.12. The summed E-state index contributed by atoms with van der Waals surface area (Å²) in [6, 6.07) is 12.9. The fraction of sp³-hybridized carbons (Fsp3) is 0.250. The van der Waals surface area contributed by atoms with Crippen LogP contribution >= 0.6 is 0 Å². The molecule has 0 unspecified atom stereocenters. The normalized spacial score (nSPS) is 10.9. The van der Waals surface area contributed by atoms with Crippen LogP contribution in [0.4, 0.5) is 0 Å². The molecule has 3 heterocycles. The molecule has 0 bridgehead atoms. The van der Waals surface area contributed by atoms with E-state index in [1.807, 2.05) is 30.2 Å². The molecule has 3 aromatic heterocycles. The Balaban J connectivity index is 1.81. The number of pyridine rings is 2. The highest BCUT2D eigenvalue weighted by Crippen LogP contribution is 2.28. The van der Waals surface area contributed by atoms with Gasteiger partial charge in [0, 0.05) is 31.2 Å². The van der Waals surface area contributed by atoms with E-state index in [-0.39, 0.29) is 0 Å². The molecule has 0 saturated carbocycles. The minimum atomic E-state index is 0.527. The first-order valence-electron chi connectivity index (χ1n) is 9.81. The molecule has 5 heteroatoms. The van der Waals surface area contributed by atoms with E-state index in [0.29, 0.717) is 6.42 Å². The van der Waals surface area contributed by atoms with Crippen molar-refractivity contribution in [2.45, 2.75) is 32.6 Å². The summed E-state index contributed by atoms with van der Waals surface area (Å²) in [7, 11) is 1.99. The second-order valence-corrected chi connectivity index (χ2v) is 7.37. The van der Waals surface area contributed by atoms with Crippen LogP contribution < -0.4 is 0 Å². The summed E-state index contributed by atoms with van der Waals surface area (Å²) >= 11 is 0. The third-order valence-corrected chi connectivity index (χ3v) is 5.37. The van der Waals surface area contributed by atoms with Gasteiger partial charge >= 0.3 is 0 Å².